The van der Waals surface area contributed by atoms with Crippen LogP contribution in [0.4, 0.5) is 5.82 Å². The minimum Gasteiger partial charge on any atom is -0.383 e. The molecule has 2 aromatic rings. The molecule has 0 saturated carbocycles. The predicted octanol–water partition coefficient (Wildman–Crippen LogP) is 4.13. The summed E-state index contributed by atoms with van der Waals surface area (Å²) in [5, 5.41) is 5.00. The van der Waals surface area contributed by atoms with Crippen LogP contribution in [0.2, 0.25) is 15.1 Å². The van der Waals surface area contributed by atoms with Crippen LogP contribution in [0.3, 0.4) is 0 Å². The second-order valence-electron chi connectivity index (χ2n) is 4.41. The molecule has 0 amide bonds. The molecule has 1 aromatic heterocycles. The molecule has 0 aliphatic rings. The van der Waals surface area contributed by atoms with Crippen LogP contribution in [0.5, 0.6) is 0 Å². The fraction of sp³-hybridized carbons (Fsp3) is 0.214. The lowest BCUT2D eigenvalue weighted by Gasteiger charge is -2.19. The number of aromatic nitrogens is 1. The molecule has 1 heterocycles. The fourth-order valence-corrected chi connectivity index (χ4v) is 2.67. The molecule has 106 valence electrons. The molecular formula is C14H14Cl3N3. The van der Waals surface area contributed by atoms with E-state index in [1.807, 2.05) is 25.2 Å². The van der Waals surface area contributed by atoms with Gasteiger partial charge in [-0.15, -0.1) is 0 Å². The summed E-state index contributed by atoms with van der Waals surface area (Å²) in [5.41, 5.74) is 7.75. The van der Waals surface area contributed by atoms with Crippen molar-refractivity contribution in [3.8, 4) is 0 Å². The van der Waals surface area contributed by atoms with Gasteiger partial charge in [-0.3, -0.25) is 0 Å². The molecule has 0 aliphatic heterocycles. The van der Waals surface area contributed by atoms with Gasteiger partial charge in [-0.1, -0.05) is 40.9 Å². The molecular weight excluding hydrogens is 317 g/mol. The van der Waals surface area contributed by atoms with Crippen molar-refractivity contribution < 1.29 is 0 Å². The molecule has 0 radical (unpaired) electrons. The van der Waals surface area contributed by atoms with Crippen LogP contribution in [0, 0.1) is 0 Å². The summed E-state index contributed by atoms with van der Waals surface area (Å²) < 4.78 is 0. The standard InChI is InChI=1S/C14H14Cl3N3/c1-19-13(11-5-10(16)7-20-14(11)18)4-8-2-3-9(15)6-12(8)17/h2-3,5-7,13,19H,4H2,1H3,(H2,18,20). The smallest absolute Gasteiger partial charge is 0.128 e. The van der Waals surface area contributed by atoms with Crippen molar-refractivity contribution in [1.29, 1.82) is 0 Å². The zero-order valence-corrected chi connectivity index (χ0v) is 13.1. The highest BCUT2D eigenvalue weighted by Crippen LogP contribution is 2.29. The lowest BCUT2D eigenvalue weighted by Crippen LogP contribution is -2.20. The second-order valence-corrected chi connectivity index (χ2v) is 5.69. The molecule has 1 atom stereocenters. The summed E-state index contributed by atoms with van der Waals surface area (Å²) >= 11 is 18.1. The number of pyridine rings is 1. The summed E-state index contributed by atoms with van der Waals surface area (Å²) in [6.45, 7) is 0. The first kappa shape index (κ1) is 15.4. The van der Waals surface area contributed by atoms with E-state index in [4.69, 9.17) is 40.5 Å². The summed E-state index contributed by atoms with van der Waals surface area (Å²) in [6.07, 6.45) is 2.20. The van der Waals surface area contributed by atoms with Crippen molar-refractivity contribution in [1.82, 2.24) is 10.3 Å². The van der Waals surface area contributed by atoms with E-state index in [0.29, 0.717) is 27.3 Å². The minimum atomic E-state index is -0.0279. The largest absolute Gasteiger partial charge is 0.383 e. The number of nitrogen functional groups attached to an aromatic ring is 1. The minimum absolute atomic E-state index is 0.0279. The highest BCUT2D eigenvalue weighted by atomic mass is 35.5. The van der Waals surface area contributed by atoms with Gasteiger partial charge in [-0.05, 0) is 37.2 Å². The Hall–Kier alpha value is -1.00. The third kappa shape index (κ3) is 3.55. The van der Waals surface area contributed by atoms with E-state index in [1.54, 1.807) is 6.07 Å². The molecule has 0 bridgehead atoms. The predicted molar refractivity (Wildman–Crippen MR) is 85.6 cm³/mol. The second kappa shape index (κ2) is 6.64. The van der Waals surface area contributed by atoms with E-state index >= 15 is 0 Å². The van der Waals surface area contributed by atoms with Crippen LogP contribution in [0.15, 0.2) is 30.5 Å². The Morgan fingerprint density at radius 2 is 1.95 bits per heavy atom. The number of hydrogen-bond acceptors (Lipinski definition) is 3. The van der Waals surface area contributed by atoms with Crippen molar-refractivity contribution >= 4 is 40.6 Å². The summed E-state index contributed by atoms with van der Waals surface area (Å²) in [5.74, 6) is 0.457. The van der Waals surface area contributed by atoms with Crippen LogP contribution in [0.1, 0.15) is 17.2 Å². The highest BCUT2D eigenvalue weighted by molar-refractivity contribution is 6.35. The highest BCUT2D eigenvalue weighted by Gasteiger charge is 2.16. The third-order valence-electron chi connectivity index (χ3n) is 3.08. The van der Waals surface area contributed by atoms with Crippen LogP contribution in [-0.4, -0.2) is 12.0 Å². The average molecular weight is 331 g/mol. The monoisotopic (exact) mass is 329 g/mol. The normalized spacial score (nSPS) is 12.4. The number of nitrogens with one attached hydrogen (secondary N) is 1. The van der Waals surface area contributed by atoms with Gasteiger partial charge in [0.2, 0.25) is 0 Å². The topological polar surface area (TPSA) is 50.9 Å². The van der Waals surface area contributed by atoms with E-state index in [-0.39, 0.29) is 6.04 Å². The SMILES string of the molecule is CNC(Cc1ccc(Cl)cc1Cl)c1cc(Cl)cnc1N. The Morgan fingerprint density at radius 1 is 1.20 bits per heavy atom. The maximum atomic E-state index is 6.20. The molecule has 20 heavy (non-hydrogen) atoms. The molecule has 3 N–H and O–H groups in total. The molecule has 6 heteroatoms. The Balaban J connectivity index is 2.31. The number of nitrogens with two attached hydrogens (primary N) is 1. The average Bonchev–Trinajstić information content (AvgIpc) is 2.41. The van der Waals surface area contributed by atoms with Crippen molar-refractivity contribution in [2.75, 3.05) is 12.8 Å². The summed E-state index contributed by atoms with van der Waals surface area (Å²) in [4.78, 5) is 4.08. The molecule has 0 fully saturated rings. The molecule has 0 aliphatic carbocycles. The summed E-state index contributed by atoms with van der Waals surface area (Å²) in [7, 11) is 1.86. The number of likely N-dealkylation sites (N-methyl/N-ethyl adjacent to an activating group) is 1. The quantitative estimate of drug-likeness (QED) is 0.886. The third-order valence-corrected chi connectivity index (χ3v) is 3.87. The van der Waals surface area contributed by atoms with Crippen molar-refractivity contribution in [2.45, 2.75) is 12.5 Å². The van der Waals surface area contributed by atoms with Gasteiger partial charge >= 0.3 is 0 Å². The first-order valence-electron chi connectivity index (χ1n) is 6.03. The Bertz CT molecular complexity index is 617. The van der Waals surface area contributed by atoms with Gasteiger partial charge in [-0.25, -0.2) is 4.98 Å². The van der Waals surface area contributed by atoms with Gasteiger partial charge in [-0.2, -0.15) is 0 Å². The zero-order chi connectivity index (χ0) is 14.7. The molecule has 3 nitrogen and oxygen atoms in total. The molecule has 0 saturated heterocycles. The van der Waals surface area contributed by atoms with E-state index in [9.17, 15) is 0 Å². The Labute approximate surface area is 133 Å². The van der Waals surface area contributed by atoms with Gasteiger partial charge in [0.1, 0.15) is 5.82 Å². The van der Waals surface area contributed by atoms with Gasteiger partial charge in [0, 0.05) is 27.8 Å². The number of anilines is 1. The maximum absolute atomic E-state index is 6.20. The van der Waals surface area contributed by atoms with Gasteiger partial charge < -0.3 is 11.1 Å². The molecule has 2 rings (SSSR count). The zero-order valence-electron chi connectivity index (χ0n) is 10.8. The van der Waals surface area contributed by atoms with E-state index in [1.165, 1.54) is 6.20 Å². The first-order valence-corrected chi connectivity index (χ1v) is 7.16. The van der Waals surface area contributed by atoms with Crippen LogP contribution in [-0.2, 0) is 6.42 Å². The number of hydrogen-bond donors (Lipinski definition) is 2. The molecule has 0 spiro atoms. The lowest BCUT2D eigenvalue weighted by atomic mass is 9.99. The van der Waals surface area contributed by atoms with Crippen molar-refractivity contribution in [3.05, 3.63) is 56.7 Å². The number of benzene rings is 1. The summed E-state index contributed by atoms with van der Waals surface area (Å²) in [6, 6.07) is 7.23. The molecule has 1 aromatic carbocycles. The van der Waals surface area contributed by atoms with Gasteiger partial charge in [0.15, 0.2) is 0 Å². The van der Waals surface area contributed by atoms with Gasteiger partial charge in [0.05, 0.1) is 5.02 Å². The first-order chi connectivity index (χ1) is 9.51. The van der Waals surface area contributed by atoms with Gasteiger partial charge in [0.25, 0.3) is 0 Å². The van der Waals surface area contributed by atoms with Crippen molar-refractivity contribution in [2.24, 2.45) is 0 Å². The Morgan fingerprint density at radius 3 is 2.60 bits per heavy atom. The maximum Gasteiger partial charge on any atom is 0.128 e. The van der Waals surface area contributed by atoms with Crippen LogP contribution >= 0.6 is 34.8 Å². The number of nitrogens with zero attached hydrogens (tertiary/aromatic N) is 1. The lowest BCUT2D eigenvalue weighted by molar-refractivity contribution is 0.592. The van der Waals surface area contributed by atoms with Crippen LogP contribution in [0.25, 0.3) is 0 Å². The molecule has 1 unspecified atom stereocenters. The van der Waals surface area contributed by atoms with E-state index < -0.39 is 0 Å². The van der Waals surface area contributed by atoms with Crippen LogP contribution < -0.4 is 11.1 Å². The van der Waals surface area contributed by atoms with Crippen molar-refractivity contribution in [3.63, 3.8) is 0 Å². The van der Waals surface area contributed by atoms with E-state index in [0.717, 1.165) is 11.1 Å². The Kier molecular flexibility index (Phi) is 5.11. The number of rotatable bonds is 4. The van der Waals surface area contributed by atoms with E-state index in [2.05, 4.69) is 10.3 Å². The number of halogens is 3. The fourth-order valence-electron chi connectivity index (χ4n) is 2.02.